The molecule has 0 atom stereocenters. The fraction of sp³-hybridized carbons (Fsp3) is 0.429. The number of urea groups is 1. The molecule has 3 amide bonds. The molecule has 0 bridgehead atoms. The van der Waals surface area contributed by atoms with Gasteiger partial charge in [-0.15, -0.1) is 0 Å². The Balaban J connectivity index is 1.76. The lowest BCUT2D eigenvalue weighted by molar-refractivity contribution is -0.116. The van der Waals surface area contributed by atoms with Crippen molar-refractivity contribution in [1.29, 1.82) is 0 Å². The van der Waals surface area contributed by atoms with E-state index in [9.17, 15) is 9.59 Å². The zero-order valence-electron chi connectivity index (χ0n) is 11.9. The number of halogens is 1. The molecule has 1 aromatic rings. The summed E-state index contributed by atoms with van der Waals surface area (Å²) in [5, 5.41) is 3.28. The third-order valence-corrected chi connectivity index (χ3v) is 3.66. The Morgan fingerprint density at radius 3 is 2.81 bits per heavy atom. The Labute approximate surface area is 128 Å². The molecule has 1 heterocycles. The van der Waals surface area contributed by atoms with Crippen LogP contribution in [0, 0.1) is 0 Å². The van der Waals surface area contributed by atoms with Crippen molar-refractivity contribution >= 4 is 34.9 Å². The monoisotopic (exact) mass is 310 g/mol. The highest BCUT2D eigenvalue weighted by atomic mass is 35.5. The third-order valence-electron chi connectivity index (χ3n) is 3.42. The minimum absolute atomic E-state index is 0.0253. The van der Waals surface area contributed by atoms with Crippen LogP contribution in [0.3, 0.4) is 0 Å². The highest BCUT2D eigenvalue weighted by molar-refractivity contribution is 6.31. The molecule has 7 heteroatoms. The lowest BCUT2D eigenvalue weighted by atomic mass is 10.2. The number of likely N-dealkylation sites (N-methyl/N-ethyl adjacent to an activating group) is 1. The van der Waals surface area contributed by atoms with Crippen molar-refractivity contribution in [3.8, 4) is 0 Å². The molecule has 21 heavy (non-hydrogen) atoms. The zero-order valence-corrected chi connectivity index (χ0v) is 12.7. The van der Waals surface area contributed by atoms with E-state index in [4.69, 9.17) is 17.3 Å². The molecule has 1 saturated heterocycles. The number of carbonyl (C=O) groups excluding carboxylic acids is 2. The summed E-state index contributed by atoms with van der Waals surface area (Å²) < 4.78 is 0. The van der Waals surface area contributed by atoms with E-state index in [-0.39, 0.29) is 11.9 Å². The Bertz CT molecular complexity index is 550. The van der Waals surface area contributed by atoms with Crippen LogP contribution in [0.1, 0.15) is 12.8 Å². The first-order valence-electron chi connectivity index (χ1n) is 6.82. The summed E-state index contributed by atoms with van der Waals surface area (Å²) in [6, 6.07) is 4.97. The Morgan fingerprint density at radius 2 is 2.19 bits per heavy atom. The molecular weight excluding hydrogens is 292 g/mol. The average Bonchev–Trinajstić information content (AvgIpc) is 2.74. The summed E-state index contributed by atoms with van der Waals surface area (Å²) in [5.74, 6) is -0.121. The van der Waals surface area contributed by atoms with Crippen molar-refractivity contribution in [2.45, 2.75) is 12.8 Å². The molecule has 0 aliphatic carbocycles. The molecule has 1 aliphatic rings. The fourth-order valence-electron chi connectivity index (χ4n) is 2.20. The Kier molecular flexibility index (Phi) is 4.90. The number of benzene rings is 1. The van der Waals surface area contributed by atoms with Crippen molar-refractivity contribution in [1.82, 2.24) is 9.80 Å². The second-order valence-electron chi connectivity index (χ2n) is 5.07. The van der Waals surface area contributed by atoms with E-state index in [1.165, 1.54) is 0 Å². The van der Waals surface area contributed by atoms with Crippen LogP contribution in [0.5, 0.6) is 0 Å². The maximum absolute atomic E-state index is 11.9. The van der Waals surface area contributed by atoms with Gasteiger partial charge in [-0.3, -0.25) is 4.79 Å². The third kappa shape index (κ3) is 4.01. The molecule has 0 unspecified atom stereocenters. The standard InChI is InChI=1S/C14H19ClN4O2/c1-18-7-8-19(14(18)21)6-2-3-13(20)17-12-5-4-10(15)9-11(12)16/h4-5,9H,2-3,6-8,16H2,1H3,(H,17,20). The molecular formula is C14H19ClN4O2. The lowest BCUT2D eigenvalue weighted by Gasteiger charge is -2.15. The first-order valence-corrected chi connectivity index (χ1v) is 7.20. The molecule has 1 aliphatic heterocycles. The van der Waals surface area contributed by atoms with E-state index in [1.807, 2.05) is 0 Å². The maximum atomic E-state index is 11.9. The SMILES string of the molecule is CN1CCN(CCCC(=O)Nc2ccc(Cl)cc2N)C1=O. The predicted molar refractivity (Wildman–Crippen MR) is 83.3 cm³/mol. The zero-order chi connectivity index (χ0) is 15.4. The highest BCUT2D eigenvalue weighted by Crippen LogP contribution is 2.22. The number of carbonyl (C=O) groups is 2. The number of nitrogens with one attached hydrogen (secondary N) is 1. The van der Waals surface area contributed by atoms with Gasteiger partial charge in [0, 0.05) is 38.1 Å². The molecule has 0 saturated carbocycles. The summed E-state index contributed by atoms with van der Waals surface area (Å²) in [4.78, 5) is 27.0. The number of nitrogens with two attached hydrogens (primary N) is 1. The molecule has 0 aromatic heterocycles. The number of amides is 3. The van der Waals surface area contributed by atoms with Crippen molar-refractivity contribution < 1.29 is 9.59 Å². The van der Waals surface area contributed by atoms with Crippen LogP contribution >= 0.6 is 11.6 Å². The second-order valence-corrected chi connectivity index (χ2v) is 5.51. The van der Waals surface area contributed by atoms with Crippen LogP contribution in [-0.4, -0.2) is 48.4 Å². The van der Waals surface area contributed by atoms with Crippen LogP contribution < -0.4 is 11.1 Å². The normalized spacial score (nSPS) is 14.7. The smallest absolute Gasteiger partial charge is 0.319 e. The summed E-state index contributed by atoms with van der Waals surface area (Å²) in [7, 11) is 1.78. The second kappa shape index (κ2) is 6.67. The fourth-order valence-corrected chi connectivity index (χ4v) is 2.38. The van der Waals surface area contributed by atoms with Gasteiger partial charge in [0.1, 0.15) is 0 Å². The maximum Gasteiger partial charge on any atom is 0.319 e. The van der Waals surface area contributed by atoms with Crippen LogP contribution in [-0.2, 0) is 4.79 Å². The first-order chi connectivity index (χ1) is 9.97. The minimum atomic E-state index is -0.121. The highest BCUT2D eigenvalue weighted by Gasteiger charge is 2.24. The van der Waals surface area contributed by atoms with Gasteiger partial charge < -0.3 is 20.9 Å². The van der Waals surface area contributed by atoms with E-state index in [0.29, 0.717) is 35.8 Å². The van der Waals surface area contributed by atoms with Gasteiger partial charge in [0.25, 0.3) is 0 Å². The number of hydrogen-bond acceptors (Lipinski definition) is 3. The number of nitrogens with zero attached hydrogens (tertiary/aromatic N) is 2. The van der Waals surface area contributed by atoms with Crippen LogP contribution in [0.2, 0.25) is 5.02 Å². The predicted octanol–water partition coefficient (Wildman–Crippen LogP) is 2.01. The van der Waals surface area contributed by atoms with Gasteiger partial charge in [-0.1, -0.05) is 11.6 Å². The molecule has 1 fully saturated rings. The summed E-state index contributed by atoms with van der Waals surface area (Å²) in [6.07, 6.45) is 0.967. The topological polar surface area (TPSA) is 78.7 Å². The average molecular weight is 311 g/mol. The van der Waals surface area contributed by atoms with Crippen molar-refractivity contribution in [2.75, 3.05) is 37.7 Å². The van der Waals surface area contributed by atoms with E-state index in [0.717, 1.165) is 13.1 Å². The van der Waals surface area contributed by atoms with Gasteiger partial charge in [-0.25, -0.2) is 4.79 Å². The van der Waals surface area contributed by atoms with E-state index < -0.39 is 0 Å². The summed E-state index contributed by atoms with van der Waals surface area (Å²) in [6.45, 7) is 2.06. The van der Waals surface area contributed by atoms with Gasteiger partial charge in [0.2, 0.25) is 5.91 Å². The lowest BCUT2D eigenvalue weighted by Crippen LogP contribution is -2.30. The van der Waals surface area contributed by atoms with Gasteiger partial charge in [-0.05, 0) is 24.6 Å². The molecule has 6 nitrogen and oxygen atoms in total. The van der Waals surface area contributed by atoms with Crippen molar-refractivity contribution in [2.24, 2.45) is 0 Å². The first kappa shape index (κ1) is 15.4. The Hall–Kier alpha value is -1.95. The van der Waals surface area contributed by atoms with Crippen molar-refractivity contribution in [3.63, 3.8) is 0 Å². The van der Waals surface area contributed by atoms with E-state index in [2.05, 4.69) is 5.32 Å². The van der Waals surface area contributed by atoms with Gasteiger partial charge >= 0.3 is 6.03 Å². The van der Waals surface area contributed by atoms with Crippen molar-refractivity contribution in [3.05, 3.63) is 23.2 Å². The molecule has 114 valence electrons. The van der Waals surface area contributed by atoms with Crippen LogP contribution in [0.4, 0.5) is 16.2 Å². The molecule has 2 rings (SSSR count). The van der Waals surface area contributed by atoms with E-state index >= 15 is 0 Å². The Morgan fingerprint density at radius 1 is 1.43 bits per heavy atom. The number of rotatable bonds is 5. The molecule has 1 aromatic carbocycles. The minimum Gasteiger partial charge on any atom is -0.397 e. The molecule has 0 spiro atoms. The molecule has 3 N–H and O–H groups in total. The van der Waals surface area contributed by atoms with Gasteiger partial charge in [-0.2, -0.15) is 0 Å². The van der Waals surface area contributed by atoms with Gasteiger partial charge in [0.05, 0.1) is 11.4 Å². The van der Waals surface area contributed by atoms with E-state index in [1.54, 1.807) is 35.0 Å². The number of nitrogen functional groups attached to an aromatic ring is 1. The quantitative estimate of drug-likeness (QED) is 0.817. The van der Waals surface area contributed by atoms with Gasteiger partial charge in [0.15, 0.2) is 0 Å². The molecule has 0 radical (unpaired) electrons. The number of hydrogen-bond donors (Lipinski definition) is 2. The summed E-state index contributed by atoms with van der Waals surface area (Å²) in [5.41, 5.74) is 6.77. The van der Waals surface area contributed by atoms with Crippen LogP contribution in [0.25, 0.3) is 0 Å². The van der Waals surface area contributed by atoms with Crippen LogP contribution in [0.15, 0.2) is 18.2 Å². The summed E-state index contributed by atoms with van der Waals surface area (Å²) >= 11 is 5.80. The number of anilines is 2. The largest absolute Gasteiger partial charge is 0.397 e.